The minimum absolute atomic E-state index is 0.0766. The van der Waals surface area contributed by atoms with Crippen molar-refractivity contribution >= 4 is 23.2 Å². The lowest BCUT2D eigenvalue weighted by Crippen LogP contribution is -2.20. The van der Waals surface area contributed by atoms with E-state index in [4.69, 9.17) is 5.11 Å². The Morgan fingerprint density at radius 1 is 1.53 bits per heavy atom. The van der Waals surface area contributed by atoms with Crippen LogP contribution in [0.1, 0.15) is 33.5 Å². The van der Waals surface area contributed by atoms with Crippen molar-refractivity contribution in [3.05, 3.63) is 21.4 Å². The number of aromatic carboxylic acids is 1. The Morgan fingerprint density at radius 2 is 2.24 bits per heavy atom. The molecule has 1 rings (SSSR count). The quantitative estimate of drug-likeness (QED) is 0.634. The summed E-state index contributed by atoms with van der Waals surface area (Å²) in [6, 6.07) is 1.62. The van der Waals surface area contributed by atoms with E-state index in [-0.39, 0.29) is 5.91 Å². The van der Waals surface area contributed by atoms with E-state index in [2.05, 4.69) is 17.2 Å². The highest BCUT2D eigenvalue weighted by Gasteiger charge is 2.08. The Balaban J connectivity index is 2.59. The topological polar surface area (TPSA) is 66.4 Å². The monoisotopic (exact) mass is 251 g/mol. The maximum absolute atomic E-state index is 10.7. The highest BCUT2D eigenvalue weighted by atomic mass is 32.1. The SMILES string of the molecule is CC(=O)NCCC#Cc1sc(C(=O)O)cc1C. The molecule has 0 unspecified atom stereocenters. The number of hydrogen-bond acceptors (Lipinski definition) is 3. The van der Waals surface area contributed by atoms with Gasteiger partial charge in [-0.2, -0.15) is 0 Å². The zero-order chi connectivity index (χ0) is 12.8. The molecule has 17 heavy (non-hydrogen) atoms. The van der Waals surface area contributed by atoms with Gasteiger partial charge in [-0.3, -0.25) is 4.79 Å². The molecule has 90 valence electrons. The lowest BCUT2D eigenvalue weighted by molar-refractivity contribution is -0.118. The Labute approximate surface area is 104 Å². The largest absolute Gasteiger partial charge is 0.477 e. The second-order valence-corrected chi connectivity index (χ2v) is 4.51. The van der Waals surface area contributed by atoms with Crippen LogP contribution >= 0.6 is 11.3 Å². The Kier molecular flexibility index (Phi) is 4.73. The number of rotatable bonds is 3. The van der Waals surface area contributed by atoms with Gasteiger partial charge in [0.1, 0.15) is 4.88 Å². The van der Waals surface area contributed by atoms with Crippen LogP contribution in [0.5, 0.6) is 0 Å². The lowest BCUT2D eigenvalue weighted by Gasteiger charge is -1.94. The smallest absolute Gasteiger partial charge is 0.345 e. The van der Waals surface area contributed by atoms with Crippen LogP contribution in [0.2, 0.25) is 0 Å². The molecule has 0 aliphatic carbocycles. The van der Waals surface area contributed by atoms with Crippen LogP contribution in [0.3, 0.4) is 0 Å². The molecule has 0 fully saturated rings. The Morgan fingerprint density at radius 3 is 2.76 bits per heavy atom. The van der Waals surface area contributed by atoms with Crippen LogP contribution < -0.4 is 5.32 Å². The number of carboxylic acid groups (broad SMARTS) is 1. The summed E-state index contributed by atoms with van der Waals surface area (Å²) in [6.07, 6.45) is 0.555. The molecular weight excluding hydrogens is 238 g/mol. The van der Waals surface area contributed by atoms with Crippen molar-refractivity contribution in [1.82, 2.24) is 5.32 Å². The third-order valence-electron chi connectivity index (χ3n) is 1.95. The molecule has 1 aromatic rings. The minimum Gasteiger partial charge on any atom is -0.477 e. The Bertz CT molecular complexity index is 494. The van der Waals surface area contributed by atoms with E-state index in [1.54, 1.807) is 6.07 Å². The van der Waals surface area contributed by atoms with Crippen LogP contribution in [0.15, 0.2) is 6.07 Å². The van der Waals surface area contributed by atoms with Gasteiger partial charge < -0.3 is 10.4 Å². The average molecular weight is 251 g/mol. The molecule has 0 bridgehead atoms. The minimum atomic E-state index is -0.926. The molecule has 1 amide bonds. The predicted octanol–water partition coefficient (Wildman–Crippen LogP) is 1.63. The van der Waals surface area contributed by atoms with Crippen LogP contribution in [0.4, 0.5) is 0 Å². The zero-order valence-corrected chi connectivity index (χ0v) is 10.5. The molecular formula is C12H13NO3S. The van der Waals surface area contributed by atoms with E-state index in [9.17, 15) is 9.59 Å². The van der Waals surface area contributed by atoms with E-state index in [0.29, 0.717) is 17.8 Å². The van der Waals surface area contributed by atoms with Crippen molar-refractivity contribution in [3.63, 3.8) is 0 Å². The molecule has 0 saturated carbocycles. The average Bonchev–Trinajstić information content (AvgIpc) is 2.59. The molecule has 0 atom stereocenters. The van der Waals surface area contributed by atoms with Gasteiger partial charge in [0.2, 0.25) is 5.91 Å². The first kappa shape index (κ1) is 13.3. The van der Waals surface area contributed by atoms with Crippen LogP contribution in [0.25, 0.3) is 0 Å². The molecule has 0 aliphatic rings. The van der Waals surface area contributed by atoms with Gasteiger partial charge >= 0.3 is 5.97 Å². The number of hydrogen-bond donors (Lipinski definition) is 2. The molecule has 1 heterocycles. The second kappa shape index (κ2) is 6.06. The summed E-state index contributed by atoms with van der Waals surface area (Å²) in [5.74, 6) is 4.82. The number of aryl methyl sites for hydroxylation is 1. The third kappa shape index (κ3) is 4.29. The zero-order valence-electron chi connectivity index (χ0n) is 9.66. The van der Waals surface area contributed by atoms with Gasteiger partial charge in [0.05, 0.1) is 4.88 Å². The van der Waals surface area contributed by atoms with Crippen LogP contribution in [-0.2, 0) is 4.79 Å². The lowest BCUT2D eigenvalue weighted by atomic mass is 10.2. The van der Waals surface area contributed by atoms with Crippen LogP contribution in [-0.4, -0.2) is 23.5 Å². The van der Waals surface area contributed by atoms with E-state index >= 15 is 0 Å². The molecule has 2 N–H and O–H groups in total. The summed E-state index contributed by atoms with van der Waals surface area (Å²) in [7, 11) is 0. The van der Waals surface area contributed by atoms with Gasteiger partial charge in [0.15, 0.2) is 0 Å². The summed E-state index contributed by atoms with van der Waals surface area (Å²) < 4.78 is 0. The number of amides is 1. The van der Waals surface area contributed by atoms with Crippen molar-refractivity contribution in [3.8, 4) is 11.8 Å². The van der Waals surface area contributed by atoms with Gasteiger partial charge in [-0.25, -0.2) is 4.79 Å². The molecule has 0 radical (unpaired) electrons. The van der Waals surface area contributed by atoms with Crippen molar-refractivity contribution in [2.75, 3.05) is 6.54 Å². The summed E-state index contributed by atoms with van der Waals surface area (Å²) >= 11 is 1.17. The molecule has 5 heteroatoms. The van der Waals surface area contributed by atoms with Crippen LogP contribution in [0, 0.1) is 18.8 Å². The van der Waals surface area contributed by atoms with Crippen molar-refractivity contribution in [1.29, 1.82) is 0 Å². The Hall–Kier alpha value is -1.80. The standard InChI is InChI=1S/C12H13NO3S/c1-8-7-11(12(15)16)17-10(8)5-3-4-6-13-9(2)14/h7H,4,6H2,1-2H3,(H,13,14)(H,15,16). The highest BCUT2D eigenvalue weighted by molar-refractivity contribution is 7.14. The number of carbonyl (C=O) groups is 2. The first-order valence-corrected chi connectivity index (χ1v) is 5.89. The van der Waals surface area contributed by atoms with Gasteiger partial charge in [-0.15, -0.1) is 11.3 Å². The van der Waals surface area contributed by atoms with Crippen molar-refractivity contribution in [2.24, 2.45) is 0 Å². The third-order valence-corrected chi connectivity index (χ3v) is 3.09. The normalized spacial score (nSPS) is 9.29. The summed E-state index contributed by atoms with van der Waals surface area (Å²) in [6.45, 7) is 3.80. The molecule has 0 spiro atoms. The molecule has 4 nitrogen and oxygen atoms in total. The molecule has 0 aromatic carbocycles. The summed E-state index contributed by atoms with van der Waals surface area (Å²) in [4.78, 5) is 22.4. The second-order valence-electron chi connectivity index (χ2n) is 3.46. The molecule has 0 saturated heterocycles. The number of nitrogens with one attached hydrogen (secondary N) is 1. The predicted molar refractivity (Wildman–Crippen MR) is 66.2 cm³/mol. The van der Waals surface area contributed by atoms with E-state index in [1.807, 2.05) is 6.92 Å². The van der Waals surface area contributed by atoms with Gasteiger partial charge in [-0.05, 0) is 18.6 Å². The van der Waals surface area contributed by atoms with Crippen molar-refractivity contribution in [2.45, 2.75) is 20.3 Å². The van der Waals surface area contributed by atoms with Gasteiger partial charge in [0, 0.05) is 19.9 Å². The maximum atomic E-state index is 10.7. The molecule has 0 aliphatic heterocycles. The number of carboxylic acids is 1. The first-order chi connectivity index (χ1) is 8.00. The first-order valence-electron chi connectivity index (χ1n) is 5.07. The molecule has 1 aromatic heterocycles. The summed E-state index contributed by atoms with van der Waals surface area (Å²) in [5, 5.41) is 11.4. The van der Waals surface area contributed by atoms with E-state index < -0.39 is 5.97 Å². The van der Waals surface area contributed by atoms with E-state index in [0.717, 1.165) is 10.4 Å². The fourth-order valence-corrected chi connectivity index (χ4v) is 2.04. The van der Waals surface area contributed by atoms with Gasteiger partial charge in [0.25, 0.3) is 0 Å². The maximum Gasteiger partial charge on any atom is 0.345 e. The van der Waals surface area contributed by atoms with Gasteiger partial charge in [-0.1, -0.05) is 11.8 Å². The fraction of sp³-hybridized carbons (Fsp3) is 0.333. The summed E-state index contributed by atoms with van der Waals surface area (Å²) in [5.41, 5.74) is 0.874. The highest BCUT2D eigenvalue weighted by Crippen LogP contribution is 2.20. The van der Waals surface area contributed by atoms with E-state index in [1.165, 1.54) is 18.3 Å². The fourth-order valence-electron chi connectivity index (χ4n) is 1.16. The van der Waals surface area contributed by atoms with Crippen molar-refractivity contribution < 1.29 is 14.7 Å². The number of carbonyl (C=O) groups excluding carboxylic acids is 1. The number of thiophene rings is 1.